The Labute approximate surface area is 193 Å². The number of hydrogen-bond acceptors (Lipinski definition) is 2. The van der Waals surface area contributed by atoms with Gasteiger partial charge in [-0.3, -0.25) is 4.99 Å². The topological polar surface area (TPSA) is 21.6 Å². The van der Waals surface area contributed by atoms with Crippen LogP contribution in [0.4, 0.5) is 8.78 Å². The number of rotatable bonds is 6. The van der Waals surface area contributed by atoms with Crippen molar-refractivity contribution in [1.82, 2.24) is 0 Å². The number of hydrogen-bond donors (Lipinski definition) is 0. The molecule has 0 aromatic heterocycles. The van der Waals surface area contributed by atoms with Gasteiger partial charge in [0.2, 0.25) is 0 Å². The SMILES string of the molecule is C=C(C)/C(C)=C(\C)N=C(C)c1cccc(OC(C)(F)F)c1.CCC1=CCC(C)(C)C(C)=C1. The number of halogens is 2. The normalized spacial score (nSPS) is 16.8. The molecule has 0 atom stereocenters. The second-order valence-electron chi connectivity index (χ2n) is 9.17. The lowest BCUT2D eigenvalue weighted by atomic mass is 9.77. The molecule has 0 fully saturated rings. The van der Waals surface area contributed by atoms with E-state index in [0.717, 1.165) is 28.1 Å². The van der Waals surface area contributed by atoms with Crippen LogP contribution in [-0.4, -0.2) is 11.8 Å². The highest BCUT2D eigenvalue weighted by Gasteiger charge is 2.23. The van der Waals surface area contributed by atoms with Gasteiger partial charge in [0.25, 0.3) is 0 Å². The summed E-state index contributed by atoms with van der Waals surface area (Å²) in [7, 11) is 0. The Balaban J connectivity index is 0.000000389. The molecule has 0 saturated heterocycles. The number of benzene rings is 1. The van der Waals surface area contributed by atoms with Gasteiger partial charge < -0.3 is 4.74 Å². The first-order valence-corrected chi connectivity index (χ1v) is 11.1. The Morgan fingerprint density at radius 1 is 1.19 bits per heavy atom. The van der Waals surface area contributed by atoms with Crippen molar-refractivity contribution in [2.45, 2.75) is 81.3 Å². The Bertz CT molecular complexity index is 940. The molecule has 4 heteroatoms. The molecule has 32 heavy (non-hydrogen) atoms. The van der Waals surface area contributed by atoms with E-state index in [4.69, 9.17) is 0 Å². The summed E-state index contributed by atoms with van der Waals surface area (Å²) in [4.78, 5) is 4.50. The predicted octanol–water partition coefficient (Wildman–Crippen LogP) is 9.06. The zero-order chi connectivity index (χ0) is 24.7. The van der Waals surface area contributed by atoms with E-state index < -0.39 is 6.11 Å². The van der Waals surface area contributed by atoms with Crippen molar-refractivity contribution in [1.29, 1.82) is 0 Å². The van der Waals surface area contributed by atoms with E-state index in [-0.39, 0.29) is 5.75 Å². The summed E-state index contributed by atoms with van der Waals surface area (Å²) in [5.41, 5.74) is 7.72. The van der Waals surface area contributed by atoms with Gasteiger partial charge in [0, 0.05) is 18.3 Å². The number of aliphatic imine (C=N–C) groups is 1. The fourth-order valence-electron chi connectivity index (χ4n) is 3.03. The molecular weight excluding hydrogens is 404 g/mol. The third kappa shape index (κ3) is 8.94. The largest absolute Gasteiger partial charge is 0.433 e. The summed E-state index contributed by atoms with van der Waals surface area (Å²) >= 11 is 0. The molecule has 0 heterocycles. The Morgan fingerprint density at radius 2 is 1.81 bits per heavy atom. The second kappa shape index (κ2) is 11.4. The molecule has 176 valence electrons. The van der Waals surface area contributed by atoms with Crippen LogP contribution >= 0.6 is 0 Å². The van der Waals surface area contributed by atoms with E-state index in [1.54, 1.807) is 12.1 Å². The lowest BCUT2D eigenvalue weighted by Gasteiger charge is -2.28. The lowest BCUT2D eigenvalue weighted by molar-refractivity contribution is -0.158. The summed E-state index contributed by atoms with van der Waals surface area (Å²) < 4.78 is 30.3. The van der Waals surface area contributed by atoms with E-state index in [2.05, 4.69) is 56.2 Å². The molecule has 0 aliphatic heterocycles. The van der Waals surface area contributed by atoms with E-state index in [1.165, 1.54) is 30.1 Å². The van der Waals surface area contributed by atoms with Crippen molar-refractivity contribution >= 4 is 5.71 Å². The first kappa shape index (κ1) is 27.5. The standard InChI is InChI=1S/C17H21F2NO.C11H18/c1-11(2)12(3)13(4)20-14(5)15-8-7-9-16(10-15)21-17(6,18)19;1-5-10-6-7-11(3,4)9(2)8-10/h7-10H,1H2,2-6H3;6,8H,5,7H2,1-4H3/b13-12+,20-14?;. The van der Waals surface area contributed by atoms with Crippen LogP contribution in [0.3, 0.4) is 0 Å². The molecular formula is C28H39F2NO. The van der Waals surface area contributed by atoms with Crippen LogP contribution in [0.5, 0.6) is 5.75 Å². The van der Waals surface area contributed by atoms with E-state index in [1.807, 2.05) is 33.8 Å². The molecule has 1 aromatic rings. The van der Waals surface area contributed by atoms with Gasteiger partial charge >= 0.3 is 6.11 Å². The smallest absolute Gasteiger partial charge is 0.394 e. The first-order chi connectivity index (χ1) is 14.7. The average molecular weight is 444 g/mol. The number of alkyl halides is 2. The molecule has 0 radical (unpaired) electrons. The van der Waals surface area contributed by atoms with Crippen LogP contribution in [0.25, 0.3) is 0 Å². The summed E-state index contributed by atoms with van der Waals surface area (Å²) in [6, 6.07) is 6.53. The van der Waals surface area contributed by atoms with Crippen LogP contribution in [0.1, 0.15) is 80.7 Å². The van der Waals surface area contributed by atoms with Gasteiger partial charge in [0.1, 0.15) is 5.75 Å². The zero-order valence-electron chi connectivity index (χ0n) is 21.2. The van der Waals surface area contributed by atoms with Crippen molar-refractivity contribution in [3.8, 4) is 5.75 Å². The summed E-state index contributed by atoms with van der Waals surface area (Å²) in [6.07, 6.45) is 3.89. The minimum absolute atomic E-state index is 0.118. The molecule has 1 aromatic carbocycles. The number of ether oxygens (including phenoxy) is 1. The summed E-state index contributed by atoms with van der Waals surface area (Å²) in [5, 5.41) is 0. The highest BCUT2D eigenvalue weighted by atomic mass is 19.3. The van der Waals surface area contributed by atoms with Crippen LogP contribution < -0.4 is 4.74 Å². The third-order valence-electron chi connectivity index (χ3n) is 5.82. The van der Waals surface area contributed by atoms with E-state index in [9.17, 15) is 8.78 Å². The van der Waals surface area contributed by atoms with Crippen molar-refractivity contribution < 1.29 is 13.5 Å². The lowest BCUT2D eigenvalue weighted by Crippen LogP contribution is -2.19. The summed E-state index contributed by atoms with van der Waals surface area (Å²) in [5.74, 6) is 0.118. The Hall–Kier alpha value is -2.49. The second-order valence-corrected chi connectivity index (χ2v) is 9.17. The van der Waals surface area contributed by atoms with Crippen molar-refractivity contribution in [3.63, 3.8) is 0 Å². The summed E-state index contributed by atoms with van der Waals surface area (Å²) in [6.45, 7) is 21.3. The Kier molecular flexibility index (Phi) is 9.81. The Morgan fingerprint density at radius 3 is 2.31 bits per heavy atom. The molecule has 0 amide bonds. The van der Waals surface area contributed by atoms with Gasteiger partial charge in [-0.05, 0) is 76.1 Å². The maximum atomic E-state index is 12.9. The van der Waals surface area contributed by atoms with Crippen molar-refractivity contribution in [2.75, 3.05) is 0 Å². The maximum Gasteiger partial charge on any atom is 0.394 e. The number of allylic oxidation sites excluding steroid dienone is 7. The van der Waals surface area contributed by atoms with Gasteiger partial charge in [0.15, 0.2) is 0 Å². The minimum atomic E-state index is -3.20. The zero-order valence-corrected chi connectivity index (χ0v) is 21.2. The molecule has 0 spiro atoms. The van der Waals surface area contributed by atoms with Crippen LogP contribution in [0.2, 0.25) is 0 Å². The van der Waals surface area contributed by atoms with E-state index >= 15 is 0 Å². The van der Waals surface area contributed by atoms with E-state index in [0.29, 0.717) is 12.3 Å². The quantitative estimate of drug-likeness (QED) is 0.317. The van der Waals surface area contributed by atoms with Gasteiger partial charge in [0.05, 0.1) is 0 Å². The predicted molar refractivity (Wildman–Crippen MR) is 134 cm³/mol. The van der Waals surface area contributed by atoms with Gasteiger partial charge in [-0.1, -0.05) is 68.4 Å². The third-order valence-corrected chi connectivity index (χ3v) is 5.82. The fourth-order valence-corrected chi connectivity index (χ4v) is 3.03. The first-order valence-electron chi connectivity index (χ1n) is 11.1. The van der Waals surface area contributed by atoms with Crippen molar-refractivity contribution in [3.05, 3.63) is 76.5 Å². The molecule has 2 rings (SSSR count). The molecule has 2 nitrogen and oxygen atoms in total. The van der Waals surface area contributed by atoms with Crippen LogP contribution in [-0.2, 0) is 0 Å². The minimum Gasteiger partial charge on any atom is -0.433 e. The maximum absolute atomic E-state index is 12.9. The van der Waals surface area contributed by atoms with Gasteiger partial charge in [-0.15, -0.1) is 0 Å². The highest BCUT2D eigenvalue weighted by molar-refractivity contribution is 5.99. The monoisotopic (exact) mass is 443 g/mol. The van der Waals surface area contributed by atoms with Crippen LogP contribution in [0.15, 0.2) is 76.0 Å². The molecule has 0 saturated carbocycles. The average Bonchev–Trinajstić information content (AvgIpc) is 2.68. The van der Waals surface area contributed by atoms with Crippen molar-refractivity contribution in [2.24, 2.45) is 10.4 Å². The van der Waals surface area contributed by atoms with Gasteiger partial charge in [-0.25, -0.2) is 0 Å². The molecule has 1 aliphatic rings. The molecule has 0 N–H and O–H groups in total. The van der Waals surface area contributed by atoms with Gasteiger partial charge in [-0.2, -0.15) is 8.78 Å². The highest BCUT2D eigenvalue weighted by Crippen LogP contribution is 2.35. The fraction of sp³-hybridized carbons (Fsp3) is 0.464. The number of nitrogens with zero attached hydrogens (tertiary/aromatic N) is 1. The molecule has 0 unspecified atom stereocenters. The molecule has 0 bridgehead atoms. The molecule has 1 aliphatic carbocycles. The van der Waals surface area contributed by atoms with Crippen LogP contribution in [0, 0.1) is 5.41 Å².